The van der Waals surface area contributed by atoms with Gasteiger partial charge in [-0.1, -0.05) is 42.6 Å². The molecule has 0 radical (unpaired) electrons. The standard InChI is InChI=1S/C16H23N5O2S/c1-10-9-14(23-21-10)18-15(22)11(2)24-16-17-13(19-20-16)8-7-12-5-3-4-6-12/h9,11-12H,3-8H2,1-2H3,(H,18,22)(H,17,19,20). The minimum atomic E-state index is -0.325. The summed E-state index contributed by atoms with van der Waals surface area (Å²) < 4.78 is 4.99. The fourth-order valence-corrected chi connectivity index (χ4v) is 3.68. The maximum Gasteiger partial charge on any atom is 0.240 e. The van der Waals surface area contributed by atoms with E-state index in [2.05, 4.69) is 25.7 Å². The van der Waals surface area contributed by atoms with E-state index in [0.29, 0.717) is 11.0 Å². The maximum absolute atomic E-state index is 12.1. The Labute approximate surface area is 145 Å². The number of rotatable bonds is 7. The number of carbonyl (C=O) groups is 1. The third-order valence-electron chi connectivity index (χ3n) is 4.30. The van der Waals surface area contributed by atoms with Crippen molar-refractivity contribution in [2.24, 2.45) is 5.92 Å². The average Bonchev–Trinajstić information content (AvgIpc) is 3.28. The third-order valence-corrected chi connectivity index (χ3v) is 5.26. The van der Waals surface area contributed by atoms with Gasteiger partial charge in [0, 0.05) is 12.5 Å². The van der Waals surface area contributed by atoms with E-state index in [9.17, 15) is 4.79 Å². The number of anilines is 1. The lowest BCUT2D eigenvalue weighted by molar-refractivity contribution is -0.115. The van der Waals surface area contributed by atoms with Crippen molar-refractivity contribution in [3.05, 3.63) is 17.6 Å². The number of amides is 1. The Hall–Kier alpha value is -1.83. The molecule has 130 valence electrons. The van der Waals surface area contributed by atoms with Gasteiger partial charge in [-0.2, -0.15) is 0 Å². The number of aromatic amines is 1. The SMILES string of the molecule is Cc1cc(NC(=O)C(C)Sc2n[nH]c(CCC3CCCC3)n2)on1. The molecule has 1 saturated carbocycles. The number of aromatic nitrogens is 4. The van der Waals surface area contributed by atoms with Gasteiger partial charge < -0.3 is 4.52 Å². The van der Waals surface area contributed by atoms with E-state index < -0.39 is 0 Å². The predicted molar refractivity (Wildman–Crippen MR) is 91.9 cm³/mol. The van der Waals surface area contributed by atoms with Crippen LogP contribution in [0.5, 0.6) is 0 Å². The van der Waals surface area contributed by atoms with Gasteiger partial charge in [-0.3, -0.25) is 15.2 Å². The average molecular weight is 349 g/mol. The summed E-state index contributed by atoms with van der Waals surface area (Å²) in [6.07, 6.45) is 7.50. The highest BCUT2D eigenvalue weighted by atomic mass is 32.2. The summed E-state index contributed by atoms with van der Waals surface area (Å²) in [6, 6.07) is 1.68. The molecule has 1 aliphatic carbocycles. The molecule has 1 aliphatic rings. The quantitative estimate of drug-likeness (QED) is 0.744. The molecule has 1 fully saturated rings. The van der Waals surface area contributed by atoms with E-state index in [1.165, 1.54) is 43.9 Å². The molecule has 0 aromatic carbocycles. The first-order valence-electron chi connectivity index (χ1n) is 8.42. The molecule has 0 bridgehead atoms. The van der Waals surface area contributed by atoms with Crippen molar-refractivity contribution in [1.29, 1.82) is 0 Å². The Morgan fingerprint density at radius 3 is 3.00 bits per heavy atom. The van der Waals surface area contributed by atoms with Crippen LogP contribution in [-0.4, -0.2) is 31.5 Å². The minimum Gasteiger partial charge on any atom is -0.338 e. The molecule has 0 aliphatic heterocycles. The van der Waals surface area contributed by atoms with Gasteiger partial charge in [0.1, 0.15) is 5.82 Å². The van der Waals surface area contributed by atoms with Crippen molar-refractivity contribution in [1.82, 2.24) is 20.3 Å². The highest BCUT2D eigenvalue weighted by Crippen LogP contribution is 2.28. The van der Waals surface area contributed by atoms with Gasteiger partial charge in [0.2, 0.25) is 16.9 Å². The summed E-state index contributed by atoms with van der Waals surface area (Å²) in [6.45, 7) is 3.62. The number of aryl methyl sites for hydroxylation is 2. The molecule has 7 nitrogen and oxygen atoms in total. The van der Waals surface area contributed by atoms with E-state index in [-0.39, 0.29) is 11.2 Å². The Morgan fingerprint density at radius 1 is 1.50 bits per heavy atom. The smallest absolute Gasteiger partial charge is 0.240 e. The van der Waals surface area contributed by atoms with Crippen LogP contribution in [0.15, 0.2) is 15.7 Å². The monoisotopic (exact) mass is 349 g/mol. The summed E-state index contributed by atoms with van der Waals surface area (Å²) >= 11 is 1.33. The van der Waals surface area contributed by atoms with Crippen LogP contribution in [0.2, 0.25) is 0 Å². The van der Waals surface area contributed by atoms with Crippen molar-refractivity contribution in [3.63, 3.8) is 0 Å². The van der Waals surface area contributed by atoms with Gasteiger partial charge in [0.15, 0.2) is 0 Å². The predicted octanol–water partition coefficient (Wildman–Crippen LogP) is 3.34. The topological polar surface area (TPSA) is 96.7 Å². The number of nitrogens with zero attached hydrogens (tertiary/aromatic N) is 3. The molecule has 8 heteroatoms. The third kappa shape index (κ3) is 4.59. The van der Waals surface area contributed by atoms with Crippen LogP contribution < -0.4 is 5.32 Å². The van der Waals surface area contributed by atoms with E-state index >= 15 is 0 Å². The summed E-state index contributed by atoms with van der Waals surface area (Å²) in [5.74, 6) is 1.94. The Kier molecular flexibility index (Phi) is 5.55. The van der Waals surface area contributed by atoms with Crippen LogP contribution in [0.3, 0.4) is 0 Å². The molecule has 2 N–H and O–H groups in total. The molecule has 1 unspecified atom stereocenters. The molecule has 2 heterocycles. The summed E-state index contributed by atoms with van der Waals surface area (Å²) in [7, 11) is 0. The van der Waals surface area contributed by atoms with Gasteiger partial charge in [-0.05, 0) is 26.2 Å². The molecule has 0 saturated heterocycles. The van der Waals surface area contributed by atoms with Crippen LogP contribution >= 0.6 is 11.8 Å². The van der Waals surface area contributed by atoms with Crippen molar-refractivity contribution in [2.75, 3.05) is 5.32 Å². The number of nitrogens with one attached hydrogen (secondary N) is 2. The molecule has 2 aromatic heterocycles. The van der Waals surface area contributed by atoms with E-state index in [1.807, 2.05) is 6.92 Å². The molecule has 0 spiro atoms. The molecular weight excluding hydrogens is 326 g/mol. The van der Waals surface area contributed by atoms with Gasteiger partial charge >= 0.3 is 0 Å². The van der Waals surface area contributed by atoms with Crippen LogP contribution in [0.25, 0.3) is 0 Å². The van der Waals surface area contributed by atoms with Crippen molar-refractivity contribution < 1.29 is 9.32 Å². The highest BCUT2D eigenvalue weighted by Gasteiger charge is 2.19. The summed E-state index contributed by atoms with van der Waals surface area (Å²) in [5, 5.41) is 13.9. The Morgan fingerprint density at radius 2 is 2.29 bits per heavy atom. The second-order valence-electron chi connectivity index (χ2n) is 6.34. The zero-order valence-corrected chi connectivity index (χ0v) is 14.9. The van der Waals surface area contributed by atoms with E-state index in [0.717, 1.165) is 23.9 Å². The maximum atomic E-state index is 12.1. The van der Waals surface area contributed by atoms with Gasteiger partial charge in [-0.15, -0.1) is 5.10 Å². The Balaban J connectivity index is 1.47. The number of thioether (sulfide) groups is 1. The highest BCUT2D eigenvalue weighted by molar-refractivity contribution is 8.00. The van der Waals surface area contributed by atoms with Crippen molar-refractivity contribution >= 4 is 23.6 Å². The molecule has 3 rings (SSSR count). The zero-order chi connectivity index (χ0) is 16.9. The largest absolute Gasteiger partial charge is 0.338 e. The number of carbonyl (C=O) groups excluding carboxylic acids is 1. The second kappa shape index (κ2) is 7.83. The van der Waals surface area contributed by atoms with Gasteiger partial charge in [0.25, 0.3) is 0 Å². The number of H-pyrrole nitrogens is 1. The Bertz CT molecular complexity index is 678. The molecule has 2 aromatic rings. The van der Waals surface area contributed by atoms with Crippen molar-refractivity contribution in [2.45, 2.75) is 62.8 Å². The van der Waals surface area contributed by atoms with E-state index in [1.54, 1.807) is 13.0 Å². The fraction of sp³-hybridized carbons (Fsp3) is 0.625. The molecule has 1 atom stereocenters. The first-order valence-corrected chi connectivity index (χ1v) is 9.30. The number of hydrogen-bond acceptors (Lipinski definition) is 6. The van der Waals surface area contributed by atoms with Crippen molar-refractivity contribution in [3.8, 4) is 0 Å². The lowest BCUT2D eigenvalue weighted by Gasteiger charge is -2.07. The normalized spacial score (nSPS) is 16.4. The first kappa shape index (κ1) is 17.0. The minimum absolute atomic E-state index is 0.159. The zero-order valence-electron chi connectivity index (χ0n) is 14.0. The number of hydrogen-bond donors (Lipinski definition) is 2. The van der Waals surface area contributed by atoms with Crippen LogP contribution in [0, 0.1) is 12.8 Å². The van der Waals surface area contributed by atoms with Crippen LogP contribution in [0.1, 0.15) is 50.5 Å². The van der Waals surface area contributed by atoms with Gasteiger partial charge in [0.05, 0.1) is 10.9 Å². The molecule has 24 heavy (non-hydrogen) atoms. The summed E-state index contributed by atoms with van der Waals surface area (Å²) in [4.78, 5) is 16.6. The second-order valence-corrected chi connectivity index (χ2v) is 7.64. The van der Waals surface area contributed by atoms with E-state index in [4.69, 9.17) is 4.52 Å². The van der Waals surface area contributed by atoms with Crippen LogP contribution in [0.4, 0.5) is 5.88 Å². The fourth-order valence-electron chi connectivity index (χ4n) is 2.94. The lowest BCUT2D eigenvalue weighted by Crippen LogP contribution is -2.22. The summed E-state index contributed by atoms with van der Waals surface area (Å²) in [5.41, 5.74) is 0.728. The first-order chi connectivity index (χ1) is 11.6. The lowest BCUT2D eigenvalue weighted by atomic mass is 10.0. The van der Waals surface area contributed by atoms with Crippen LogP contribution in [-0.2, 0) is 11.2 Å². The molecule has 1 amide bonds. The molecular formula is C16H23N5O2S. The van der Waals surface area contributed by atoms with Gasteiger partial charge in [-0.25, -0.2) is 4.98 Å².